The second-order valence-corrected chi connectivity index (χ2v) is 4.59. The highest BCUT2D eigenvalue weighted by atomic mass is 127. The van der Waals surface area contributed by atoms with E-state index in [0.717, 1.165) is 20.1 Å². The molecule has 0 aliphatic carbocycles. The number of benzene rings is 2. The normalized spacial score (nSPS) is 10.3. The zero-order chi connectivity index (χ0) is 12.4. The van der Waals surface area contributed by atoms with Crippen LogP contribution in [-0.2, 0) is 4.74 Å². The molecule has 0 heterocycles. The summed E-state index contributed by atoms with van der Waals surface area (Å²) in [6.07, 6.45) is 0. The van der Waals surface area contributed by atoms with Crippen molar-refractivity contribution in [1.29, 1.82) is 0 Å². The molecule has 0 saturated carbocycles. The van der Waals surface area contributed by atoms with Gasteiger partial charge in [-0.1, -0.05) is 12.1 Å². The third-order valence-electron chi connectivity index (χ3n) is 2.56. The fraction of sp³-hybridized carbons (Fsp3) is 0.154. The Balaban J connectivity index is 2.61. The highest BCUT2D eigenvalue weighted by Crippen LogP contribution is 2.29. The van der Waals surface area contributed by atoms with E-state index in [2.05, 4.69) is 22.6 Å². The van der Waals surface area contributed by atoms with E-state index in [1.807, 2.05) is 24.3 Å². The second-order valence-electron chi connectivity index (χ2n) is 3.51. The number of esters is 1. The Hall–Kier alpha value is -1.30. The summed E-state index contributed by atoms with van der Waals surface area (Å²) >= 11 is 2.24. The van der Waals surface area contributed by atoms with Gasteiger partial charge in [0, 0.05) is 0 Å². The highest BCUT2D eigenvalue weighted by Gasteiger charge is 2.09. The van der Waals surface area contributed by atoms with Gasteiger partial charge in [-0.2, -0.15) is 0 Å². The largest absolute Gasteiger partial charge is 0.496 e. The molecule has 0 fully saturated rings. The highest BCUT2D eigenvalue weighted by molar-refractivity contribution is 14.1. The zero-order valence-electron chi connectivity index (χ0n) is 9.49. The molecule has 0 radical (unpaired) electrons. The predicted molar refractivity (Wildman–Crippen MR) is 74.6 cm³/mol. The molecule has 17 heavy (non-hydrogen) atoms. The van der Waals surface area contributed by atoms with Gasteiger partial charge in [0.1, 0.15) is 5.75 Å². The minimum absolute atomic E-state index is 0.322. The first kappa shape index (κ1) is 12.2. The van der Waals surface area contributed by atoms with Crippen LogP contribution in [-0.4, -0.2) is 20.2 Å². The maximum absolute atomic E-state index is 11.4. The Morgan fingerprint density at radius 2 is 1.94 bits per heavy atom. The maximum atomic E-state index is 11.4. The molecular weight excluding hydrogens is 331 g/mol. The lowest BCUT2D eigenvalue weighted by Crippen LogP contribution is -2.00. The summed E-state index contributed by atoms with van der Waals surface area (Å²) in [6.45, 7) is 0. The van der Waals surface area contributed by atoms with Crippen molar-refractivity contribution in [1.82, 2.24) is 0 Å². The van der Waals surface area contributed by atoms with Gasteiger partial charge >= 0.3 is 5.97 Å². The molecule has 0 saturated heterocycles. The molecule has 0 amide bonds. The Labute approximate surface area is 113 Å². The SMILES string of the molecule is COC(=O)c1ccc2c(I)c(OC)ccc2c1. The molecule has 0 N–H and O–H groups in total. The number of carbonyl (C=O) groups is 1. The fourth-order valence-electron chi connectivity index (χ4n) is 1.67. The molecule has 4 heteroatoms. The maximum Gasteiger partial charge on any atom is 0.337 e. The molecule has 0 aromatic heterocycles. The van der Waals surface area contributed by atoms with E-state index in [1.165, 1.54) is 7.11 Å². The van der Waals surface area contributed by atoms with E-state index in [1.54, 1.807) is 13.2 Å². The van der Waals surface area contributed by atoms with Crippen LogP contribution in [0.4, 0.5) is 0 Å². The van der Waals surface area contributed by atoms with E-state index in [4.69, 9.17) is 9.47 Å². The van der Waals surface area contributed by atoms with Gasteiger partial charge in [0.2, 0.25) is 0 Å². The van der Waals surface area contributed by atoms with Crippen molar-refractivity contribution in [3.63, 3.8) is 0 Å². The lowest BCUT2D eigenvalue weighted by Gasteiger charge is -2.07. The number of rotatable bonds is 2. The summed E-state index contributed by atoms with van der Waals surface area (Å²) in [6, 6.07) is 9.32. The van der Waals surface area contributed by atoms with Crippen LogP contribution in [0.3, 0.4) is 0 Å². The lowest BCUT2D eigenvalue weighted by atomic mass is 10.1. The monoisotopic (exact) mass is 342 g/mol. The van der Waals surface area contributed by atoms with Crippen molar-refractivity contribution >= 4 is 39.3 Å². The number of hydrogen-bond acceptors (Lipinski definition) is 3. The van der Waals surface area contributed by atoms with E-state index >= 15 is 0 Å². The van der Waals surface area contributed by atoms with Gasteiger partial charge < -0.3 is 9.47 Å². The molecule has 0 unspecified atom stereocenters. The molecule has 0 spiro atoms. The predicted octanol–water partition coefficient (Wildman–Crippen LogP) is 3.24. The third kappa shape index (κ3) is 2.22. The van der Waals surface area contributed by atoms with Crippen LogP contribution < -0.4 is 4.74 Å². The van der Waals surface area contributed by atoms with Crippen LogP contribution in [0.25, 0.3) is 10.8 Å². The molecule has 3 nitrogen and oxygen atoms in total. The summed E-state index contributed by atoms with van der Waals surface area (Å²) in [7, 11) is 3.02. The molecule has 0 atom stereocenters. The van der Waals surface area contributed by atoms with Crippen LogP contribution in [0.5, 0.6) is 5.75 Å². The summed E-state index contributed by atoms with van der Waals surface area (Å²) in [5.41, 5.74) is 0.556. The molecule has 0 aliphatic rings. The summed E-state index contributed by atoms with van der Waals surface area (Å²) in [5, 5.41) is 2.07. The summed E-state index contributed by atoms with van der Waals surface area (Å²) in [5.74, 6) is 0.515. The van der Waals surface area contributed by atoms with Crippen molar-refractivity contribution in [2.75, 3.05) is 14.2 Å². The first-order chi connectivity index (χ1) is 8.17. The minimum atomic E-state index is -0.322. The molecule has 2 rings (SSSR count). The topological polar surface area (TPSA) is 35.5 Å². The zero-order valence-corrected chi connectivity index (χ0v) is 11.6. The van der Waals surface area contributed by atoms with Gasteiger partial charge in [-0.3, -0.25) is 0 Å². The van der Waals surface area contributed by atoms with E-state index < -0.39 is 0 Å². The van der Waals surface area contributed by atoms with Crippen LogP contribution in [0.2, 0.25) is 0 Å². The molecule has 0 bridgehead atoms. The van der Waals surface area contributed by atoms with E-state index in [0.29, 0.717) is 5.56 Å². The van der Waals surface area contributed by atoms with Crippen LogP contribution in [0.15, 0.2) is 30.3 Å². The smallest absolute Gasteiger partial charge is 0.337 e. The van der Waals surface area contributed by atoms with E-state index in [-0.39, 0.29) is 5.97 Å². The van der Waals surface area contributed by atoms with Crippen LogP contribution in [0.1, 0.15) is 10.4 Å². The molecular formula is C13H11IO3. The van der Waals surface area contributed by atoms with Gasteiger partial charge in [0.05, 0.1) is 23.4 Å². The molecule has 2 aromatic carbocycles. The Kier molecular flexibility index (Phi) is 3.51. The number of methoxy groups -OCH3 is 2. The number of carbonyl (C=O) groups excluding carboxylic acids is 1. The van der Waals surface area contributed by atoms with Gasteiger partial charge in [-0.05, 0) is 51.6 Å². The lowest BCUT2D eigenvalue weighted by molar-refractivity contribution is 0.0601. The van der Waals surface area contributed by atoms with Gasteiger partial charge in [-0.25, -0.2) is 4.79 Å². The van der Waals surface area contributed by atoms with Crippen molar-refractivity contribution < 1.29 is 14.3 Å². The second kappa shape index (κ2) is 4.91. The van der Waals surface area contributed by atoms with Gasteiger partial charge in [0.25, 0.3) is 0 Å². The third-order valence-corrected chi connectivity index (χ3v) is 3.67. The first-order valence-electron chi connectivity index (χ1n) is 5.02. The molecule has 88 valence electrons. The summed E-state index contributed by atoms with van der Waals surface area (Å²) in [4.78, 5) is 11.4. The van der Waals surface area contributed by atoms with Crippen molar-refractivity contribution in [3.8, 4) is 5.75 Å². The number of fused-ring (bicyclic) bond motifs is 1. The van der Waals surface area contributed by atoms with Crippen molar-refractivity contribution in [3.05, 3.63) is 39.5 Å². The van der Waals surface area contributed by atoms with Crippen molar-refractivity contribution in [2.45, 2.75) is 0 Å². The summed E-state index contributed by atoms with van der Waals surface area (Å²) < 4.78 is 11.0. The minimum Gasteiger partial charge on any atom is -0.496 e. The molecule has 2 aromatic rings. The van der Waals surface area contributed by atoms with Gasteiger partial charge in [-0.15, -0.1) is 0 Å². The van der Waals surface area contributed by atoms with E-state index in [9.17, 15) is 4.79 Å². The molecule has 0 aliphatic heterocycles. The quantitative estimate of drug-likeness (QED) is 0.621. The van der Waals surface area contributed by atoms with Crippen LogP contribution in [0, 0.1) is 3.57 Å². The van der Waals surface area contributed by atoms with Crippen LogP contribution >= 0.6 is 22.6 Å². The standard InChI is InChI=1S/C13H11IO3/c1-16-11-6-4-8-7-9(13(15)17-2)3-5-10(8)12(11)14/h3-7H,1-2H3. The number of ether oxygens (including phenoxy) is 2. The number of halogens is 1. The van der Waals surface area contributed by atoms with Gasteiger partial charge in [0.15, 0.2) is 0 Å². The first-order valence-corrected chi connectivity index (χ1v) is 6.10. The average Bonchev–Trinajstić information content (AvgIpc) is 2.38. The Morgan fingerprint density at radius 1 is 1.18 bits per heavy atom. The Morgan fingerprint density at radius 3 is 2.59 bits per heavy atom. The Bertz CT molecular complexity index is 578. The number of hydrogen-bond donors (Lipinski definition) is 0. The fourth-order valence-corrected chi connectivity index (χ4v) is 2.57. The van der Waals surface area contributed by atoms with Crippen molar-refractivity contribution in [2.24, 2.45) is 0 Å². The average molecular weight is 342 g/mol.